The van der Waals surface area contributed by atoms with Crippen LogP contribution < -0.4 is 0 Å². The third kappa shape index (κ3) is 9.02. The summed E-state index contributed by atoms with van der Waals surface area (Å²) in [6.07, 6.45) is 1.78. The molecule has 0 saturated carbocycles. The summed E-state index contributed by atoms with van der Waals surface area (Å²) in [5.41, 5.74) is -0.0142. The second-order valence-electron chi connectivity index (χ2n) is 4.02. The van der Waals surface area contributed by atoms with Gasteiger partial charge < -0.3 is 9.69 Å². The second kappa shape index (κ2) is 8.73. The van der Waals surface area contributed by atoms with Gasteiger partial charge in [0.2, 0.25) is 0 Å². The molecule has 0 atom stereocenters. The molecule has 0 aromatic rings. The molecule has 0 radical (unpaired) electrons. The second-order valence-corrected chi connectivity index (χ2v) is 4.02. The Labute approximate surface area is 105 Å². The van der Waals surface area contributed by atoms with Crippen molar-refractivity contribution in [3.63, 3.8) is 0 Å². The van der Waals surface area contributed by atoms with Crippen LogP contribution in [0.5, 0.6) is 0 Å². The summed E-state index contributed by atoms with van der Waals surface area (Å²) >= 11 is 4.25. The fraction of sp³-hybridized carbons (Fsp3) is 0.800. The van der Waals surface area contributed by atoms with E-state index in [-0.39, 0.29) is 11.3 Å². The third-order valence-electron chi connectivity index (χ3n) is 1.63. The van der Waals surface area contributed by atoms with Gasteiger partial charge >= 0.3 is 30.0 Å². The van der Waals surface area contributed by atoms with E-state index in [1.165, 1.54) is 16.3 Å². The molecule has 1 amide bonds. The van der Waals surface area contributed by atoms with Gasteiger partial charge in [-0.2, -0.15) is 0 Å². The molecule has 0 spiro atoms. The van der Waals surface area contributed by atoms with E-state index in [9.17, 15) is 4.79 Å². The van der Waals surface area contributed by atoms with Crippen LogP contribution in [0, 0.1) is 11.8 Å². The molecule has 0 rings (SSSR count). The molecule has 0 aromatic heterocycles. The van der Waals surface area contributed by atoms with Crippen molar-refractivity contribution in [3.8, 4) is 0 Å². The molecule has 0 aliphatic heterocycles. The summed E-state index contributed by atoms with van der Waals surface area (Å²) in [5.74, 6) is 0.146. The molecule has 80 valence electrons. The van der Waals surface area contributed by atoms with E-state index in [4.69, 9.17) is 0 Å². The molecular weight excluding hydrogens is 295 g/mol. The van der Waals surface area contributed by atoms with E-state index in [1.54, 1.807) is 6.42 Å². The predicted molar refractivity (Wildman–Crippen MR) is 60.6 cm³/mol. The van der Waals surface area contributed by atoms with Crippen LogP contribution in [0.1, 0.15) is 34.6 Å². The number of nitrogens with zero attached hydrogens (tertiary/aromatic N) is 1. The molecule has 0 aliphatic rings. The summed E-state index contributed by atoms with van der Waals surface area (Å²) in [6, 6.07) is 0. The van der Waals surface area contributed by atoms with E-state index in [1.807, 2.05) is 39.5 Å². The zero-order valence-electron chi connectivity index (χ0n) is 9.93. The maximum absolute atomic E-state index is 11.5. The van der Waals surface area contributed by atoms with Gasteiger partial charge in [0, 0.05) is 13.1 Å². The van der Waals surface area contributed by atoms with Crippen LogP contribution >= 0.6 is 13.6 Å². The quantitative estimate of drug-likeness (QED) is 0.579. The van der Waals surface area contributed by atoms with Crippen LogP contribution in [-0.4, -0.2) is 23.9 Å². The molecule has 0 N–H and O–H groups in total. The van der Waals surface area contributed by atoms with Crippen molar-refractivity contribution in [3.05, 3.63) is 6.42 Å². The van der Waals surface area contributed by atoms with Gasteiger partial charge in [-0.15, -0.1) is 5.41 Å². The van der Waals surface area contributed by atoms with Crippen LogP contribution in [-0.2, 0) is 21.1 Å². The van der Waals surface area contributed by atoms with Gasteiger partial charge in [-0.3, -0.25) is 6.42 Å². The fourth-order valence-corrected chi connectivity index (χ4v) is 0.997. The van der Waals surface area contributed by atoms with Crippen molar-refractivity contribution >= 4 is 19.5 Å². The standard InChI is InChI=1S/C10H20NO.BrH.Zn/c1-6-11(7-2)9(12)8-10(3,4)5;;/h8H,6-7H2,1-5H3;1H;/q-1;;+2/p-1. The number of amides is 1. The van der Waals surface area contributed by atoms with E-state index in [0.29, 0.717) is 0 Å². The van der Waals surface area contributed by atoms with Gasteiger partial charge in [-0.25, -0.2) is 0 Å². The molecular formula is C10H20BrNOZn. The predicted octanol–water partition coefficient (Wildman–Crippen LogP) is 2.95. The Morgan fingerprint density at radius 2 is 1.64 bits per heavy atom. The minimum absolute atomic E-state index is 0.0142. The zero-order chi connectivity index (χ0) is 11.8. The Morgan fingerprint density at radius 3 is 1.86 bits per heavy atom. The first-order chi connectivity index (χ1) is 6.40. The Hall–Kier alpha value is 0.443. The van der Waals surface area contributed by atoms with Gasteiger partial charge in [0.25, 0.3) is 0 Å². The Balaban J connectivity index is 0. The van der Waals surface area contributed by atoms with Gasteiger partial charge in [-0.1, -0.05) is 20.8 Å². The summed E-state index contributed by atoms with van der Waals surface area (Å²) in [4.78, 5) is 13.3. The minimum atomic E-state index is -0.0142. The van der Waals surface area contributed by atoms with Crippen molar-refractivity contribution in [2.24, 2.45) is 5.41 Å². The number of hydrogen-bond acceptors (Lipinski definition) is 1. The Bertz CT molecular complexity index is 153. The van der Waals surface area contributed by atoms with Crippen LogP contribution in [0.2, 0.25) is 0 Å². The molecule has 2 nitrogen and oxygen atoms in total. The average molecular weight is 316 g/mol. The van der Waals surface area contributed by atoms with Crippen molar-refractivity contribution in [1.29, 1.82) is 0 Å². The molecule has 0 unspecified atom stereocenters. The SMILES string of the molecule is CCN(CC)C(=O)[CH-]C(C)(C)C.[Zn+][Br]. The summed E-state index contributed by atoms with van der Waals surface area (Å²) < 4.78 is 0. The maximum atomic E-state index is 11.5. The Morgan fingerprint density at radius 1 is 1.29 bits per heavy atom. The monoisotopic (exact) mass is 313 g/mol. The topological polar surface area (TPSA) is 20.3 Å². The molecule has 0 bridgehead atoms. The number of halogens is 1. The van der Waals surface area contributed by atoms with E-state index in [2.05, 4.69) is 13.6 Å². The number of rotatable bonds is 3. The van der Waals surface area contributed by atoms with Gasteiger partial charge in [0.15, 0.2) is 0 Å². The summed E-state index contributed by atoms with van der Waals surface area (Å²) in [5, 5.41) is 0. The molecule has 0 saturated heterocycles. The van der Waals surface area contributed by atoms with E-state index >= 15 is 0 Å². The fourth-order valence-electron chi connectivity index (χ4n) is 0.997. The first-order valence-corrected chi connectivity index (χ1v) is 11.8. The van der Waals surface area contributed by atoms with Crippen LogP contribution in [0.3, 0.4) is 0 Å². The molecule has 0 aromatic carbocycles. The molecule has 14 heavy (non-hydrogen) atoms. The molecule has 0 heterocycles. The van der Waals surface area contributed by atoms with Gasteiger partial charge in [0.1, 0.15) is 0 Å². The van der Waals surface area contributed by atoms with Crippen LogP contribution in [0.25, 0.3) is 0 Å². The van der Waals surface area contributed by atoms with E-state index in [0.717, 1.165) is 13.1 Å². The van der Waals surface area contributed by atoms with E-state index < -0.39 is 0 Å². The van der Waals surface area contributed by atoms with Crippen LogP contribution in [0.4, 0.5) is 0 Å². The van der Waals surface area contributed by atoms with Crippen molar-refractivity contribution in [2.45, 2.75) is 34.6 Å². The van der Waals surface area contributed by atoms with Gasteiger partial charge in [-0.05, 0) is 13.8 Å². The first kappa shape index (κ1) is 16.9. The zero-order valence-corrected chi connectivity index (χ0v) is 14.5. The molecule has 0 fully saturated rings. The number of carbonyl (C=O) groups excluding carboxylic acids is 1. The van der Waals surface area contributed by atoms with Gasteiger partial charge in [0.05, 0.1) is 5.91 Å². The van der Waals surface area contributed by atoms with Crippen LogP contribution in [0.15, 0.2) is 0 Å². The van der Waals surface area contributed by atoms with Crippen molar-refractivity contribution < 1.29 is 21.1 Å². The third-order valence-corrected chi connectivity index (χ3v) is 1.63. The number of hydrogen-bond donors (Lipinski definition) is 0. The summed E-state index contributed by atoms with van der Waals surface area (Å²) in [7, 11) is 0. The Kier molecular flexibility index (Phi) is 10.5. The van der Waals surface area contributed by atoms with Crippen molar-refractivity contribution in [1.82, 2.24) is 4.90 Å². The average Bonchev–Trinajstić information content (AvgIpc) is 2.07. The van der Waals surface area contributed by atoms with Crippen molar-refractivity contribution in [2.75, 3.05) is 13.1 Å². The molecule has 0 aliphatic carbocycles. The normalized spacial score (nSPS) is 10.0. The molecule has 4 heteroatoms. The first-order valence-electron chi connectivity index (χ1n) is 4.82. The number of carbonyl (C=O) groups is 1. The summed E-state index contributed by atoms with van der Waals surface area (Å²) in [6.45, 7) is 11.7.